The lowest BCUT2D eigenvalue weighted by Gasteiger charge is -2.33. The minimum atomic E-state index is 0.351. The number of benzene rings is 1. The normalized spacial score (nSPS) is 18.6. The first-order valence-electron chi connectivity index (χ1n) is 8.48. The van der Waals surface area contributed by atoms with E-state index in [2.05, 4.69) is 65.6 Å². The van der Waals surface area contributed by atoms with Crippen LogP contribution < -0.4 is 5.32 Å². The van der Waals surface area contributed by atoms with Gasteiger partial charge in [-0.15, -0.1) is 0 Å². The molecule has 2 aromatic rings. The molecule has 0 spiro atoms. The number of nitrogens with zero attached hydrogens (tertiary/aromatic N) is 2. The van der Waals surface area contributed by atoms with Crippen molar-refractivity contribution < 1.29 is 0 Å². The van der Waals surface area contributed by atoms with E-state index in [1.807, 2.05) is 31.5 Å². The van der Waals surface area contributed by atoms with Gasteiger partial charge in [0.15, 0.2) is 0 Å². The maximum atomic E-state index is 4.67. The zero-order valence-electron chi connectivity index (χ0n) is 14.7. The van der Waals surface area contributed by atoms with E-state index in [9.17, 15) is 0 Å². The number of aryl methyl sites for hydroxylation is 1. The van der Waals surface area contributed by atoms with Crippen LogP contribution in [0.4, 0.5) is 0 Å². The van der Waals surface area contributed by atoms with Crippen LogP contribution in [-0.2, 0) is 0 Å². The Balaban J connectivity index is 1.92. The quantitative estimate of drug-likeness (QED) is 0.914. The summed E-state index contributed by atoms with van der Waals surface area (Å²) in [6.45, 7) is 5.07. The van der Waals surface area contributed by atoms with Gasteiger partial charge < -0.3 is 5.32 Å². The highest BCUT2D eigenvalue weighted by Gasteiger charge is 2.21. The topological polar surface area (TPSA) is 28.2 Å². The Kier molecular flexibility index (Phi) is 5.11. The summed E-state index contributed by atoms with van der Waals surface area (Å²) in [5, 5.41) is 3.43. The number of pyridine rings is 1. The number of nitrogens with one attached hydrogen (secondary N) is 1. The van der Waals surface area contributed by atoms with Crippen LogP contribution in [0.25, 0.3) is 16.8 Å². The molecule has 0 aliphatic carbocycles. The summed E-state index contributed by atoms with van der Waals surface area (Å²) < 4.78 is 0. The number of hydrogen-bond acceptors (Lipinski definition) is 3. The zero-order chi connectivity index (χ0) is 16.9. The summed E-state index contributed by atoms with van der Waals surface area (Å²) in [6.07, 6.45) is 9.61. The number of aromatic nitrogens is 1. The van der Waals surface area contributed by atoms with Gasteiger partial charge in [0.1, 0.15) is 0 Å². The van der Waals surface area contributed by atoms with Gasteiger partial charge in [0, 0.05) is 23.9 Å². The van der Waals surface area contributed by atoms with Gasteiger partial charge >= 0.3 is 0 Å². The molecule has 2 heterocycles. The molecule has 0 amide bonds. The average Bonchev–Trinajstić information content (AvgIpc) is 2.61. The third-order valence-electron chi connectivity index (χ3n) is 4.44. The third-order valence-corrected chi connectivity index (χ3v) is 4.44. The van der Waals surface area contributed by atoms with Gasteiger partial charge in [-0.05, 0) is 51.2 Å². The summed E-state index contributed by atoms with van der Waals surface area (Å²) in [7, 11) is 2.16. The lowest BCUT2D eigenvalue weighted by molar-refractivity contribution is 0.239. The molecule has 1 aliphatic heterocycles. The van der Waals surface area contributed by atoms with E-state index < -0.39 is 0 Å². The second kappa shape index (κ2) is 7.45. The van der Waals surface area contributed by atoms with Gasteiger partial charge in [-0.25, -0.2) is 0 Å². The van der Waals surface area contributed by atoms with Crippen LogP contribution >= 0.6 is 0 Å². The Hall–Kier alpha value is -2.39. The van der Waals surface area contributed by atoms with Crippen molar-refractivity contribution in [1.29, 1.82) is 0 Å². The van der Waals surface area contributed by atoms with Gasteiger partial charge in [-0.3, -0.25) is 9.88 Å². The molecule has 1 N–H and O–H groups in total. The zero-order valence-corrected chi connectivity index (χ0v) is 14.7. The molecule has 1 aromatic carbocycles. The fourth-order valence-electron chi connectivity index (χ4n) is 3.16. The molecule has 0 fully saturated rings. The van der Waals surface area contributed by atoms with Crippen molar-refractivity contribution in [3.63, 3.8) is 0 Å². The van der Waals surface area contributed by atoms with Crippen LogP contribution in [0.15, 0.2) is 60.9 Å². The highest BCUT2D eigenvalue weighted by molar-refractivity contribution is 5.80. The Labute approximate surface area is 144 Å². The monoisotopic (exact) mass is 319 g/mol. The maximum Gasteiger partial charge on any atom is 0.0824 e. The summed E-state index contributed by atoms with van der Waals surface area (Å²) in [4.78, 5) is 7.02. The van der Waals surface area contributed by atoms with E-state index in [1.54, 1.807) is 0 Å². The molecule has 0 saturated carbocycles. The highest BCUT2D eigenvalue weighted by Crippen LogP contribution is 2.30. The van der Waals surface area contributed by atoms with Crippen molar-refractivity contribution >= 4 is 5.57 Å². The first-order chi connectivity index (χ1) is 11.7. The third kappa shape index (κ3) is 3.57. The fraction of sp³-hybridized carbons (Fsp3) is 0.286. The Morgan fingerprint density at radius 2 is 2.12 bits per heavy atom. The first kappa shape index (κ1) is 16.5. The van der Waals surface area contributed by atoms with Gasteiger partial charge in [0.2, 0.25) is 0 Å². The summed E-state index contributed by atoms with van der Waals surface area (Å²) in [5.74, 6) is 0. The average molecular weight is 319 g/mol. The Bertz CT molecular complexity index is 761. The predicted molar refractivity (Wildman–Crippen MR) is 101 cm³/mol. The predicted octanol–water partition coefficient (Wildman–Crippen LogP) is 4.23. The minimum absolute atomic E-state index is 0.351. The molecule has 124 valence electrons. The van der Waals surface area contributed by atoms with Crippen molar-refractivity contribution in [1.82, 2.24) is 15.2 Å². The van der Waals surface area contributed by atoms with E-state index in [-0.39, 0.29) is 0 Å². The van der Waals surface area contributed by atoms with Gasteiger partial charge in [0.05, 0.1) is 11.9 Å². The SMILES string of the molecule is C/C=C\NC1CC=C(c2cccnc2-c2cccc(C)c2)CN1C. The van der Waals surface area contributed by atoms with Crippen LogP contribution in [-0.4, -0.2) is 29.6 Å². The van der Waals surface area contributed by atoms with Gasteiger partial charge in [-0.1, -0.05) is 42.0 Å². The number of likely N-dealkylation sites (N-methyl/N-ethyl adjacent to an activating group) is 1. The lowest BCUT2D eigenvalue weighted by atomic mass is 9.95. The van der Waals surface area contributed by atoms with Crippen LogP contribution in [0.2, 0.25) is 0 Å². The molecule has 24 heavy (non-hydrogen) atoms. The molecular formula is C21H25N3. The first-order valence-corrected chi connectivity index (χ1v) is 8.48. The summed E-state index contributed by atoms with van der Waals surface area (Å²) >= 11 is 0. The summed E-state index contributed by atoms with van der Waals surface area (Å²) in [5.41, 5.74) is 6.10. The smallest absolute Gasteiger partial charge is 0.0824 e. The fourth-order valence-corrected chi connectivity index (χ4v) is 3.16. The number of hydrogen-bond donors (Lipinski definition) is 1. The van der Waals surface area contributed by atoms with E-state index in [0.29, 0.717) is 6.17 Å². The second-order valence-electron chi connectivity index (χ2n) is 6.33. The molecule has 1 atom stereocenters. The van der Waals surface area contributed by atoms with Crippen molar-refractivity contribution in [3.8, 4) is 11.3 Å². The van der Waals surface area contributed by atoms with E-state index in [0.717, 1.165) is 18.7 Å². The molecular weight excluding hydrogens is 294 g/mol. The van der Waals surface area contributed by atoms with Crippen molar-refractivity contribution in [2.45, 2.75) is 26.4 Å². The van der Waals surface area contributed by atoms with Crippen molar-refractivity contribution in [2.75, 3.05) is 13.6 Å². The minimum Gasteiger partial charge on any atom is -0.376 e. The van der Waals surface area contributed by atoms with Crippen molar-refractivity contribution in [2.24, 2.45) is 0 Å². The highest BCUT2D eigenvalue weighted by atomic mass is 15.2. The lowest BCUT2D eigenvalue weighted by Crippen LogP contribution is -2.43. The molecule has 1 aliphatic rings. The molecule has 1 unspecified atom stereocenters. The van der Waals surface area contributed by atoms with Crippen LogP contribution in [0, 0.1) is 6.92 Å². The number of allylic oxidation sites excluding steroid dienone is 1. The van der Waals surface area contributed by atoms with E-state index >= 15 is 0 Å². The van der Waals surface area contributed by atoms with Crippen LogP contribution in [0.5, 0.6) is 0 Å². The van der Waals surface area contributed by atoms with Crippen molar-refractivity contribution in [3.05, 3.63) is 72.1 Å². The molecule has 3 rings (SSSR count). The van der Waals surface area contributed by atoms with Gasteiger partial charge in [0.25, 0.3) is 0 Å². The molecule has 1 aromatic heterocycles. The molecule has 0 saturated heterocycles. The molecule has 0 radical (unpaired) electrons. The van der Waals surface area contributed by atoms with E-state index in [1.165, 1.54) is 22.3 Å². The standard InChI is InChI=1S/C21H25N3/c1-4-12-22-20-11-10-18(15-24(20)3)19-9-6-13-23-21(19)17-8-5-7-16(2)14-17/h4-10,12-14,20,22H,11,15H2,1-3H3/b12-4-. The summed E-state index contributed by atoms with van der Waals surface area (Å²) in [6, 6.07) is 12.8. The molecule has 3 heteroatoms. The van der Waals surface area contributed by atoms with Crippen LogP contribution in [0.3, 0.4) is 0 Å². The Morgan fingerprint density at radius 1 is 1.25 bits per heavy atom. The number of rotatable bonds is 4. The van der Waals surface area contributed by atoms with Gasteiger partial charge in [-0.2, -0.15) is 0 Å². The molecule has 0 bridgehead atoms. The molecule has 3 nitrogen and oxygen atoms in total. The Morgan fingerprint density at radius 3 is 2.88 bits per heavy atom. The maximum absolute atomic E-state index is 4.67. The van der Waals surface area contributed by atoms with Crippen LogP contribution in [0.1, 0.15) is 24.5 Å². The second-order valence-corrected chi connectivity index (χ2v) is 6.33. The largest absolute Gasteiger partial charge is 0.376 e. The van der Waals surface area contributed by atoms with E-state index in [4.69, 9.17) is 0 Å².